The molecule has 0 spiro atoms. The number of aliphatic hydroxyl groups excluding tert-OH is 1. The molecule has 0 aromatic heterocycles. The number of ether oxygens (including phenoxy) is 1. The van der Waals surface area contributed by atoms with Gasteiger partial charge >= 0.3 is 5.97 Å². The topological polar surface area (TPSA) is 66.8 Å². The normalized spacial score (nSPS) is 10.6. The van der Waals surface area contributed by atoms with Crippen molar-refractivity contribution in [2.75, 3.05) is 13.2 Å². The second-order valence-corrected chi connectivity index (χ2v) is 4.75. The number of halogens is 1. The van der Waals surface area contributed by atoms with Crippen molar-refractivity contribution in [3.05, 3.63) is 39.5 Å². The van der Waals surface area contributed by atoms with Gasteiger partial charge in [-0.05, 0) is 39.4 Å². The van der Waals surface area contributed by atoms with Crippen LogP contribution in [0.15, 0.2) is 30.3 Å². The maximum absolute atomic E-state index is 11.7. The molecule has 2 aromatic rings. The van der Waals surface area contributed by atoms with E-state index in [1.54, 1.807) is 6.07 Å². The zero-order valence-electron chi connectivity index (χ0n) is 9.39. The number of fused-ring (bicyclic) bond motifs is 1. The Bertz CT molecular complexity index is 595. The third-order valence-corrected chi connectivity index (χ3v) is 3.60. The Morgan fingerprint density at radius 1 is 1.33 bits per heavy atom. The van der Waals surface area contributed by atoms with E-state index in [4.69, 9.17) is 9.84 Å². The summed E-state index contributed by atoms with van der Waals surface area (Å²) in [6, 6.07) is 9.05. The zero-order valence-corrected chi connectivity index (χ0v) is 11.5. The van der Waals surface area contributed by atoms with Crippen molar-refractivity contribution in [2.45, 2.75) is 0 Å². The summed E-state index contributed by atoms with van der Waals surface area (Å²) in [6.07, 6.45) is 0. The van der Waals surface area contributed by atoms with Crippen LogP contribution >= 0.6 is 22.6 Å². The second kappa shape index (κ2) is 5.53. The Morgan fingerprint density at radius 3 is 2.78 bits per heavy atom. The summed E-state index contributed by atoms with van der Waals surface area (Å²) in [5.74, 6) is -0.720. The van der Waals surface area contributed by atoms with Crippen LogP contribution in [-0.2, 0) is 4.74 Å². The first-order valence-electron chi connectivity index (χ1n) is 5.33. The third kappa shape index (κ3) is 2.41. The minimum absolute atomic E-state index is 0.0817. The summed E-state index contributed by atoms with van der Waals surface area (Å²) >= 11 is 1.99. The number of carbonyl (C=O) groups is 1. The van der Waals surface area contributed by atoms with Crippen molar-refractivity contribution in [1.29, 1.82) is 0 Å². The quantitative estimate of drug-likeness (QED) is 0.653. The molecule has 0 aliphatic rings. The van der Waals surface area contributed by atoms with E-state index in [0.29, 0.717) is 3.57 Å². The van der Waals surface area contributed by atoms with Crippen molar-refractivity contribution in [3.63, 3.8) is 0 Å². The van der Waals surface area contributed by atoms with E-state index in [0.717, 1.165) is 10.8 Å². The molecule has 2 N–H and O–H groups in total. The number of rotatable bonds is 3. The molecule has 5 heteroatoms. The molecule has 94 valence electrons. The highest BCUT2D eigenvalue weighted by Crippen LogP contribution is 2.32. The van der Waals surface area contributed by atoms with E-state index in [1.165, 1.54) is 0 Å². The molecular formula is C13H11IO4. The Morgan fingerprint density at radius 2 is 2.06 bits per heavy atom. The molecule has 0 fully saturated rings. The van der Waals surface area contributed by atoms with Gasteiger partial charge < -0.3 is 14.9 Å². The predicted molar refractivity (Wildman–Crippen MR) is 75.7 cm³/mol. The summed E-state index contributed by atoms with van der Waals surface area (Å²) < 4.78 is 5.42. The third-order valence-electron chi connectivity index (χ3n) is 2.50. The predicted octanol–water partition coefficient (Wildman–Crippen LogP) is 2.30. The summed E-state index contributed by atoms with van der Waals surface area (Å²) in [4.78, 5) is 11.7. The molecule has 4 nitrogen and oxygen atoms in total. The van der Waals surface area contributed by atoms with Crippen LogP contribution in [0, 0.1) is 3.57 Å². The van der Waals surface area contributed by atoms with Crippen molar-refractivity contribution in [2.24, 2.45) is 0 Å². The lowest BCUT2D eigenvalue weighted by Crippen LogP contribution is -2.09. The van der Waals surface area contributed by atoms with E-state index >= 15 is 0 Å². The number of esters is 1. The number of benzene rings is 2. The first kappa shape index (κ1) is 13.1. The van der Waals surface area contributed by atoms with Crippen molar-refractivity contribution < 1.29 is 19.7 Å². The van der Waals surface area contributed by atoms with Gasteiger partial charge in [-0.2, -0.15) is 0 Å². The van der Waals surface area contributed by atoms with Crippen molar-refractivity contribution >= 4 is 39.3 Å². The number of aliphatic hydroxyl groups is 1. The first-order chi connectivity index (χ1) is 8.65. The Labute approximate surface area is 117 Å². The zero-order chi connectivity index (χ0) is 13.1. The van der Waals surface area contributed by atoms with E-state index < -0.39 is 5.97 Å². The molecular weight excluding hydrogens is 347 g/mol. The maximum Gasteiger partial charge on any atom is 0.342 e. The standard InChI is InChI=1S/C13H11IO4/c14-11-9-4-2-1-3-8(9)7-10(12(11)16)13(17)18-6-5-15/h1-4,7,15-16H,5-6H2. The van der Waals surface area contributed by atoms with Gasteiger partial charge in [0.25, 0.3) is 0 Å². The van der Waals surface area contributed by atoms with E-state index in [9.17, 15) is 9.90 Å². The smallest absolute Gasteiger partial charge is 0.342 e. The van der Waals surface area contributed by atoms with E-state index in [-0.39, 0.29) is 24.5 Å². The van der Waals surface area contributed by atoms with Gasteiger partial charge in [0.05, 0.1) is 10.2 Å². The molecule has 0 aliphatic carbocycles. The molecule has 0 bridgehead atoms. The van der Waals surface area contributed by atoms with Gasteiger partial charge in [0, 0.05) is 0 Å². The average molecular weight is 358 g/mol. The van der Waals surface area contributed by atoms with Crippen molar-refractivity contribution in [3.8, 4) is 5.75 Å². The van der Waals surface area contributed by atoms with Crippen molar-refractivity contribution in [1.82, 2.24) is 0 Å². The molecule has 18 heavy (non-hydrogen) atoms. The lowest BCUT2D eigenvalue weighted by molar-refractivity contribution is 0.0430. The van der Waals surface area contributed by atoms with Gasteiger partial charge in [0.2, 0.25) is 0 Å². The summed E-state index contributed by atoms with van der Waals surface area (Å²) in [5, 5.41) is 20.4. The molecule has 0 amide bonds. The SMILES string of the molecule is O=C(OCCO)c1cc2ccccc2c(I)c1O. The minimum Gasteiger partial charge on any atom is -0.506 e. The maximum atomic E-state index is 11.7. The van der Waals surface area contributed by atoms with Gasteiger partial charge in [-0.25, -0.2) is 4.79 Å². The molecule has 2 rings (SSSR count). The number of hydrogen-bond acceptors (Lipinski definition) is 4. The lowest BCUT2D eigenvalue weighted by atomic mass is 10.1. The van der Waals surface area contributed by atoms with Crippen LogP contribution in [0.5, 0.6) is 5.75 Å². The number of aromatic hydroxyl groups is 1. The molecule has 0 heterocycles. The lowest BCUT2D eigenvalue weighted by Gasteiger charge is -2.09. The molecule has 0 saturated carbocycles. The highest BCUT2D eigenvalue weighted by Gasteiger charge is 2.17. The summed E-state index contributed by atoms with van der Waals surface area (Å²) in [5.41, 5.74) is 0.117. The first-order valence-corrected chi connectivity index (χ1v) is 6.41. The molecule has 0 aliphatic heterocycles. The van der Waals surface area contributed by atoms with Crippen LogP contribution in [0.1, 0.15) is 10.4 Å². The molecule has 0 unspecified atom stereocenters. The highest BCUT2D eigenvalue weighted by molar-refractivity contribution is 14.1. The van der Waals surface area contributed by atoms with Gasteiger partial charge in [-0.1, -0.05) is 24.3 Å². The molecule has 0 radical (unpaired) electrons. The number of carbonyl (C=O) groups excluding carboxylic acids is 1. The summed E-state index contributed by atoms with van der Waals surface area (Å²) in [7, 11) is 0. The second-order valence-electron chi connectivity index (χ2n) is 3.67. The van der Waals surface area contributed by atoms with Crippen LogP contribution in [0.3, 0.4) is 0 Å². The average Bonchev–Trinajstić information content (AvgIpc) is 2.40. The highest BCUT2D eigenvalue weighted by atomic mass is 127. The monoisotopic (exact) mass is 358 g/mol. The van der Waals surface area contributed by atoms with Gasteiger partial charge in [0.15, 0.2) is 0 Å². The largest absolute Gasteiger partial charge is 0.506 e. The Hall–Kier alpha value is -1.34. The summed E-state index contributed by atoms with van der Waals surface area (Å²) in [6.45, 7) is -0.321. The van der Waals surface area contributed by atoms with Crippen LogP contribution in [-0.4, -0.2) is 29.4 Å². The fourth-order valence-corrected chi connectivity index (χ4v) is 2.45. The van der Waals surface area contributed by atoms with Crippen LogP contribution in [0.25, 0.3) is 10.8 Å². The van der Waals surface area contributed by atoms with Crippen LogP contribution < -0.4 is 0 Å². The molecule has 0 saturated heterocycles. The van der Waals surface area contributed by atoms with Crippen LogP contribution in [0.4, 0.5) is 0 Å². The minimum atomic E-state index is -0.634. The van der Waals surface area contributed by atoms with Gasteiger partial charge in [0.1, 0.15) is 17.9 Å². The Kier molecular flexibility index (Phi) is 4.03. The molecule has 0 atom stereocenters. The number of hydrogen-bond donors (Lipinski definition) is 2. The van der Waals surface area contributed by atoms with Gasteiger partial charge in [-0.15, -0.1) is 0 Å². The van der Waals surface area contributed by atoms with Gasteiger partial charge in [-0.3, -0.25) is 0 Å². The fourth-order valence-electron chi connectivity index (χ4n) is 1.66. The Balaban J connectivity index is 2.51. The van der Waals surface area contributed by atoms with E-state index in [2.05, 4.69) is 0 Å². The van der Waals surface area contributed by atoms with E-state index in [1.807, 2.05) is 46.9 Å². The molecule has 2 aromatic carbocycles. The number of phenolic OH excluding ortho intramolecular Hbond substituents is 1. The fraction of sp³-hybridized carbons (Fsp3) is 0.154. The van der Waals surface area contributed by atoms with Crippen LogP contribution in [0.2, 0.25) is 0 Å². The number of phenols is 1.